The first-order valence-corrected chi connectivity index (χ1v) is 29.3. The molecule has 3 N–H and O–H groups in total. The van der Waals surface area contributed by atoms with Crippen molar-refractivity contribution < 1.29 is 24.5 Å². The number of carbonyl (C=O) groups excluding carboxylic acids is 2. The fourth-order valence-electron chi connectivity index (χ4n) is 8.91. The van der Waals surface area contributed by atoms with Gasteiger partial charge in [-0.2, -0.15) is 0 Å². The zero-order chi connectivity index (χ0) is 47.9. The molecule has 0 aromatic carbocycles. The van der Waals surface area contributed by atoms with Gasteiger partial charge < -0.3 is 20.3 Å². The van der Waals surface area contributed by atoms with Crippen LogP contribution in [-0.2, 0) is 14.3 Å². The van der Waals surface area contributed by atoms with Crippen LogP contribution >= 0.6 is 0 Å². The molecule has 0 aliphatic heterocycles. The first kappa shape index (κ1) is 64.1. The van der Waals surface area contributed by atoms with Crippen molar-refractivity contribution in [3.05, 3.63) is 36.5 Å². The minimum absolute atomic E-state index is 0.00419. The molecule has 0 aliphatic rings. The summed E-state index contributed by atoms with van der Waals surface area (Å²) < 4.78 is 5.46. The summed E-state index contributed by atoms with van der Waals surface area (Å²) >= 11 is 0. The number of ether oxygens (including phenoxy) is 1. The minimum Gasteiger partial charge on any atom is -0.466 e. The molecule has 0 rings (SSSR count). The molecule has 1 amide bonds. The second kappa shape index (κ2) is 55.7. The van der Waals surface area contributed by atoms with Gasteiger partial charge in [0.15, 0.2) is 0 Å². The van der Waals surface area contributed by atoms with E-state index in [1.54, 1.807) is 6.08 Å². The highest BCUT2D eigenvalue weighted by Gasteiger charge is 2.18. The highest BCUT2D eigenvalue weighted by molar-refractivity contribution is 5.76. The summed E-state index contributed by atoms with van der Waals surface area (Å²) in [6.07, 6.45) is 68.8. The van der Waals surface area contributed by atoms with Gasteiger partial charge in [-0.3, -0.25) is 9.59 Å². The molecule has 0 aromatic heterocycles. The number of rotatable bonds is 54. The van der Waals surface area contributed by atoms with Crippen LogP contribution in [0.3, 0.4) is 0 Å². The smallest absolute Gasteiger partial charge is 0.305 e. The van der Waals surface area contributed by atoms with Gasteiger partial charge in [0, 0.05) is 12.8 Å². The third kappa shape index (κ3) is 51.5. The van der Waals surface area contributed by atoms with E-state index in [4.69, 9.17) is 4.74 Å². The van der Waals surface area contributed by atoms with E-state index in [2.05, 4.69) is 43.5 Å². The lowest BCUT2D eigenvalue weighted by molar-refractivity contribution is -0.143. The lowest BCUT2D eigenvalue weighted by atomic mass is 10.0. The lowest BCUT2D eigenvalue weighted by Crippen LogP contribution is -2.45. The van der Waals surface area contributed by atoms with E-state index in [-0.39, 0.29) is 18.5 Å². The maximum Gasteiger partial charge on any atom is 0.305 e. The number of hydrogen-bond acceptors (Lipinski definition) is 5. The van der Waals surface area contributed by atoms with Gasteiger partial charge in [0.05, 0.1) is 25.4 Å². The lowest BCUT2D eigenvalue weighted by Gasteiger charge is -2.20. The van der Waals surface area contributed by atoms with Crippen molar-refractivity contribution >= 4 is 11.9 Å². The fraction of sp³-hybridized carbons (Fsp3) is 0.867. The number of aliphatic hydroxyl groups is 2. The number of amides is 1. The second-order valence-corrected chi connectivity index (χ2v) is 20.0. The third-order valence-corrected chi connectivity index (χ3v) is 13.4. The summed E-state index contributed by atoms with van der Waals surface area (Å²) in [4.78, 5) is 24.5. The van der Waals surface area contributed by atoms with Gasteiger partial charge >= 0.3 is 5.97 Å². The van der Waals surface area contributed by atoms with Crippen molar-refractivity contribution in [2.24, 2.45) is 0 Å². The molecule has 0 saturated heterocycles. The van der Waals surface area contributed by atoms with Crippen LogP contribution < -0.4 is 5.32 Å². The number of aliphatic hydroxyl groups excluding tert-OH is 2. The Labute approximate surface area is 411 Å². The topological polar surface area (TPSA) is 95.9 Å². The Balaban J connectivity index is 3.42. The van der Waals surface area contributed by atoms with E-state index in [0.29, 0.717) is 19.4 Å². The van der Waals surface area contributed by atoms with Crippen molar-refractivity contribution in [3.8, 4) is 0 Å². The van der Waals surface area contributed by atoms with Crippen LogP contribution in [-0.4, -0.2) is 47.4 Å². The third-order valence-electron chi connectivity index (χ3n) is 13.4. The van der Waals surface area contributed by atoms with E-state index in [0.717, 1.165) is 51.4 Å². The van der Waals surface area contributed by atoms with Crippen molar-refractivity contribution in [1.29, 1.82) is 0 Å². The van der Waals surface area contributed by atoms with E-state index in [1.807, 2.05) is 6.08 Å². The van der Waals surface area contributed by atoms with Crippen LogP contribution in [0.5, 0.6) is 0 Å². The molecule has 0 fully saturated rings. The van der Waals surface area contributed by atoms with Crippen LogP contribution in [0.15, 0.2) is 36.5 Å². The number of hydrogen-bond donors (Lipinski definition) is 3. The normalized spacial score (nSPS) is 12.8. The molecule has 0 aliphatic carbocycles. The van der Waals surface area contributed by atoms with Crippen molar-refractivity contribution in [2.75, 3.05) is 13.2 Å². The maximum absolute atomic E-state index is 12.5. The van der Waals surface area contributed by atoms with Crippen LogP contribution in [0, 0.1) is 0 Å². The molecule has 0 saturated carbocycles. The molecule has 0 radical (unpaired) electrons. The van der Waals surface area contributed by atoms with Crippen molar-refractivity contribution in [1.82, 2.24) is 5.32 Å². The standard InChI is InChI=1S/C60H113NO5/c1-3-5-7-9-11-13-15-17-25-29-32-36-40-44-48-52-58(63)57(56-62)61-59(64)53-49-45-41-37-33-30-26-23-21-19-18-20-22-24-27-31-35-39-43-47-51-55-66-60(65)54-50-46-42-38-34-28-16-14-12-10-8-6-4-2/h8,10,14,16,48,52,57-58,62-63H,3-7,9,11-13,15,17-47,49-51,53-56H2,1-2H3,(H,61,64)/b10-8-,16-14-,52-48+. The Kier molecular flexibility index (Phi) is 54.1. The SMILES string of the molecule is CCC/C=C\C/C=C\CCCCCCCC(=O)OCCCCCCCCCCCCCCCCCCCCCCCC(=O)NC(CO)C(O)/C=C/CCCCCCCCCCCCCCC. The Hall–Kier alpha value is -1.92. The summed E-state index contributed by atoms with van der Waals surface area (Å²) in [5.74, 6) is -0.0726. The molecule has 0 bridgehead atoms. The van der Waals surface area contributed by atoms with E-state index >= 15 is 0 Å². The van der Waals surface area contributed by atoms with E-state index < -0.39 is 12.1 Å². The number of allylic oxidation sites excluding steroid dienone is 5. The summed E-state index contributed by atoms with van der Waals surface area (Å²) in [7, 11) is 0. The van der Waals surface area contributed by atoms with Gasteiger partial charge in [-0.05, 0) is 57.8 Å². The molecule has 2 atom stereocenters. The summed E-state index contributed by atoms with van der Waals surface area (Å²) in [5, 5.41) is 23.1. The first-order valence-electron chi connectivity index (χ1n) is 29.3. The highest BCUT2D eigenvalue weighted by atomic mass is 16.5. The molecular formula is C60H113NO5. The second-order valence-electron chi connectivity index (χ2n) is 20.0. The maximum atomic E-state index is 12.5. The molecular weight excluding hydrogens is 815 g/mol. The zero-order valence-electron chi connectivity index (χ0n) is 44.2. The Bertz CT molecular complexity index is 1070. The number of unbranched alkanes of at least 4 members (excludes halogenated alkanes) is 39. The Morgan fingerprint density at radius 1 is 0.424 bits per heavy atom. The van der Waals surface area contributed by atoms with Gasteiger partial charge in [0.25, 0.3) is 0 Å². The van der Waals surface area contributed by atoms with Gasteiger partial charge in [-0.25, -0.2) is 0 Å². The summed E-state index contributed by atoms with van der Waals surface area (Å²) in [6.45, 7) is 4.84. The first-order chi connectivity index (χ1) is 32.5. The van der Waals surface area contributed by atoms with Crippen molar-refractivity contribution in [3.63, 3.8) is 0 Å². The monoisotopic (exact) mass is 928 g/mol. The van der Waals surface area contributed by atoms with E-state index in [9.17, 15) is 19.8 Å². The van der Waals surface area contributed by atoms with Gasteiger partial charge in [0.2, 0.25) is 5.91 Å². The van der Waals surface area contributed by atoms with Crippen molar-refractivity contribution in [2.45, 2.75) is 321 Å². The van der Waals surface area contributed by atoms with Crippen LogP contribution in [0.25, 0.3) is 0 Å². The predicted octanol–water partition coefficient (Wildman–Crippen LogP) is 18.0. The molecule has 2 unspecified atom stereocenters. The van der Waals surface area contributed by atoms with Gasteiger partial charge in [-0.1, -0.05) is 275 Å². The highest BCUT2D eigenvalue weighted by Crippen LogP contribution is 2.17. The molecule has 6 heteroatoms. The molecule has 0 spiro atoms. The zero-order valence-corrected chi connectivity index (χ0v) is 44.2. The predicted molar refractivity (Wildman–Crippen MR) is 287 cm³/mol. The molecule has 6 nitrogen and oxygen atoms in total. The van der Waals surface area contributed by atoms with Gasteiger partial charge in [0.1, 0.15) is 0 Å². The Morgan fingerprint density at radius 3 is 1.21 bits per heavy atom. The minimum atomic E-state index is -0.845. The number of carbonyl (C=O) groups is 2. The quantitative estimate of drug-likeness (QED) is 0.0321. The summed E-state index contributed by atoms with van der Waals surface area (Å²) in [5.41, 5.74) is 0. The fourth-order valence-corrected chi connectivity index (χ4v) is 8.91. The van der Waals surface area contributed by atoms with Crippen LogP contribution in [0.2, 0.25) is 0 Å². The molecule has 388 valence electrons. The molecule has 0 heterocycles. The Morgan fingerprint density at radius 2 is 0.788 bits per heavy atom. The number of nitrogens with one attached hydrogen (secondary N) is 1. The van der Waals surface area contributed by atoms with E-state index in [1.165, 1.54) is 231 Å². The van der Waals surface area contributed by atoms with Crippen LogP contribution in [0.1, 0.15) is 309 Å². The van der Waals surface area contributed by atoms with Gasteiger partial charge in [-0.15, -0.1) is 0 Å². The molecule has 66 heavy (non-hydrogen) atoms. The largest absolute Gasteiger partial charge is 0.466 e. The average molecular weight is 929 g/mol. The van der Waals surface area contributed by atoms with Crippen LogP contribution in [0.4, 0.5) is 0 Å². The number of esters is 1. The average Bonchev–Trinajstić information content (AvgIpc) is 3.32. The molecule has 0 aromatic rings. The summed E-state index contributed by atoms with van der Waals surface area (Å²) in [6, 6.07) is -0.629.